The van der Waals surface area contributed by atoms with Gasteiger partial charge in [-0.25, -0.2) is 0 Å². The first-order valence-electron chi connectivity index (χ1n) is 8.91. The number of ether oxygens (including phenoxy) is 1. The lowest BCUT2D eigenvalue weighted by Crippen LogP contribution is -2.61. The highest BCUT2D eigenvalue weighted by atomic mass is 16.5. The van der Waals surface area contributed by atoms with E-state index in [1.807, 2.05) is 0 Å². The zero-order chi connectivity index (χ0) is 15.5. The maximum Gasteiger partial charge on any atom is 0.0469 e. The monoisotopic (exact) mass is 296 g/mol. The SMILES string of the molecule is CC(C)CC1CNC(C(C)(C)C)CN1CC1CCOCC1. The Labute approximate surface area is 131 Å². The van der Waals surface area contributed by atoms with Gasteiger partial charge in [0.15, 0.2) is 0 Å². The number of hydrogen-bond acceptors (Lipinski definition) is 3. The van der Waals surface area contributed by atoms with Gasteiger partial charge in [-0.05, 0) is 36.5 Å². The molecule has 2 heterocycles. The summed E-state index contributed by atoms with van der Waals surface area (Å²) >= 11 is 0. The van der Waals surface area contributed by atoms with Crippen molar-refractivity contribution in [1.82, 2.24) is 10.2 Å². The summed E-state index contributed by atoms with van der Waals surface area (Å²) < 4.78 is 5.52. The lowest BCUT2D eigenvalue weighted by molar-refractivity contribution is 0.0217. The summed E-state index contributed by atoms with van der Waals surface area (Å²) in [5.41, 5.74) is 0.344. The summed E-state index contributed by atoms with van der Waals surface area (Å²) in [7, 11) is 0. The third-order valence-corrected chi connectivity index (χ3v) is 5.16. The van der Waals surface area contributed by atoms with Crippen LogP contribution in [0.5, 0.6) is 0 Å². The first kappa shape index (κ1) is 17.2. The van der Waals surface area contributed by atoms with Crippen molar-refractivity contribution in [2.45, 2.75) is 66.0 Å². The van der Waals surface area contributed by atoms with Gasteiger partial charge in [0.25, 0.3) is 0 Å². The Hall–Kier alpha value is -0.120. The highest BCUT2D eigenvalue weighted by Crippen LogP contribution is 2.27. The molecule has 0 aliphatic carbocycles. The van der Waals surface area contributed by atoms with Crippen molar-refractivity contribution in [2.24, 2.45) is 17.3 Å². The second-order valence-corrected chi connectivity index (χ2v) is 8.62. The van der Waals surface area contributed by atoms with Gasteiger partial charge in [-0.3, -0.25) is 4.90 Å². The molecule has 0 amide bonds. The van der Waals surface area contributed by atoms with E-state index in [0.717, 1.165) is 31.6 Å². The summed E-state index contributed by atoms with van der Waals surface area (Å²) in [6.07, 6.45) is 3.81. The predicted molar refractivity (Wildman–Crippen MR) is 89.6 cm³/mol. The molecule has 3 nitrogen and oxygen atoms in total. The molecular formula is C18H36N2O. The maximum atomic E-state index is 5.52. The van der Waals surface area contributed by atoms with Crippen molar-refractivity contribution >= 4 is 0 Å². The Morgan fingerprint density at radius 2 is 1.86 bits per heavy atom. The smallest absolute Gasteiger partial charge is 0.0469 e. The summed E-state index contributed by atoms with van der Waals surface area (Å²) in [4.78, 5) is 2.79. The quantitative estimate of drug-likeness (QED) is 0.862. The van der Waals surface area contributed by atoms with Crippen LogP contribution in [0.2, 0.25) is 0 Å². The fourth-order valence-corrected chi connectivity index (χ4v) is 3.70. The molecule has 3 heteroatoms. The first-order chi connectivity index (χ1) is 9.86. The lowest BCUT2D eigenvalue weighted by atomic mass is 9.83. The van der Waals surface area contributed by atoms with Crippen molar-refractivity contribution < 1.29 is 4.74 Å². The largest absolute Gasteiger partial charge is 0.381 e. The minimum absolute atomic E-state index is 0.344. The van der Waals surface area contributed by atoms with Crippen LogP contribution >= 0.6 is 0 Å². The van der Waals surface area contributed by atoms with Crippen LogP contribution in [-0.4, -0.2) is 49.8 Å². The van der Waals surface area contributed by atoms with Crippen molar-refractivity contribution in [3.8, 4) is 0 Å². The first-order valence-corrected chi connectivity index (χ1v) is 8.91. The van der Waals surface area contributed by atoms with E-state index < -0.39 is 0 Å². The van der Waals surface area contributed by atoms with Crippen molar-refractivity contribution in [2.75, 3.05) is 32.8 Å². The van der Waals surface area contributed by atoms with Gasteiger partial charge in [0.2, 0.25) is 0 Å². The molecule has 124 valence electrons. The molecule has 0 saturated carbocycles. The van der Waals surface area contributed by atoms with Gasteiger partial charge in [0.05, 0.1) is 0 Å². The highest BCUT2D eigenvalue weighted by Gasteiger charge is 2.35. The number of piperazine rings is 1. The van der Waals surface area contributed by atoms with E-state index in [-0.39, 0.29) is 0 Å². The average molecular weight is 296 g/mol. The highest BCUT2D eigenvalue weighted by molar-refractivity contribution is 4.93. The molecule has 2 atom stereocenters. The normalized spacial score (nSPS) is 30.0. The van der Waals surface area contributed by atoms with Gasteiger partial charge in [-0.1, -0.05) is 34.6 Å². The fraction of sp³-hybridized carbons (Fsp3) is 1.00. The zero-order valence-corrected chi connectivity index (χ0v) is 14.8. The van der Waals surface area contributed by atoms with Crippen LogP contribution in [0.15, 0.2) is 0 Å². The van der Waals surface area contributed by atoms with E-state index >= 15 is 0 Å². The summed E-state index contributed by atoms with van der Waals surface area (Å²) in [5, 5.41) is 3.82. The number of nitrogens with zero attached hydrogens (tertiary/aromatic N) is 1. The van der Waals surface area contributed by atoms with Gasteiger partial charge in [-0.2, -0.15) is 0 Å². The van der Waals surface area contributed by atoms with Gasteiger partial charge in [0, 0.05) is 44.9 Å². The van der Waals surface area contributed by atoms with Gasteiger partial charge in [-0.15, -0.1) is 0 Å². The van der Waals surface area contributed by atoms with Crippen molar-refractivity contribution in [1.29, 1.82) is 0 Å². The van der Waals surface area contributed by atoms with Crippen LogP contribution < -0.4 is 5.32 Å². The second kappa shape index (κ2) is 7.43. The molecule has 0 aromatic heterocycles. The van der Waals surface area contributed by atoms with Gasteiger partial charge < -0.3 is 10.1 Å². The Bertz CT molecular complexity index is 305. The van der Waals surface area contributed by atoms with E-state index in [4.69, 9.17) is 4.74 Å². The molecule has 1 N–H and O–H groups in total. The van der Waals surface area contributed by atoms with Crippen LogP contribution in [0.4, 0.5) is 0 Å². The third kappa shape index (κ3) is 5.22. The standard InChI is InChI=1S/C18H36N2O/c1-14(2)10-16-11-19-17(18(3,4)5)13-20(16)12-15-6-8-21-9-7-15/h14-17,19H,6-13H2,1-5H3. The van der Waals surface area contributed by atoms with E-state index in [2.05, 4.69) is 44.8 Å². The molecule has 2 fully saturated rings. The van der Waals surface area contributed by atoms with E-state index in [1.165, 1.54) is 32.4 Å². The maximum absolute atomic E-state index is 5.52. The molecule has 2 aliphatic heterocycles. The molecule has 2 aliphatic rings. The van der Waals surface area contributed by atoms with Crippen molar-refractivity contribution in [3.05, 3.63) is 0 Å². The molecule has 0 aromatic carbocycles. The predicted octanol–water partition coefficient (Wildman–Crippen LogP) is 3.15. The van der Waals surface area contributed by atoms with E-state index in [0.29, 0.717) is 17.5 Å². The summed E-state index contributed by atoms with van der Waals surface area (Å²) in [5.74, 6) is 1.62. The minimum Gasteiger partial charge on any atom is -0.381 e. The lowest BCUT2D eigenvalue weighted by Gasteiger charge is -2.47. The average Bonchev–Trinajstić information content (AvgIpc) is 2.40. The summed E-state index contributed by atoms with van der Waals surface area (Å²) in [6.45, 7) is 17.4. The number of rotatable bonds is 4. The zero-order valence-electron chi connectivity index (χ0n) is 14.8. The van der Waals surface area contributed by atoms with Crippen LogP contribution in [0.3, 0.4) is 0 Å². The van der Waals surface area contributed by atoms with E-state index in [9.17, 15) is 0 Å². The molecule has 0 bridgehead atoms. The van der Waals surface area contributed by atoms with Crippen LogP contribution in [0.25, 0.3) is 0 Å². The topological polar surface area (TPSA) is 24.5 Å². The summed E-state index contributed by atoms with van der Waals surface area (Å²) in [6, 6.07) is 1.33. The second-order valence-electron chi connectivity index (χ2n) is 8.62. The molecule has 0 aromatic rings. The number of hydrogen-bond donors (Lipinski definition) is 1. The van der Waals surface area contributed by atoms with E-state index in [1.54, 1.807) is 0 Å². The van der Waals surface area contributed by atoms with Crippen LogP contribution in [0, 0.1) is 17.3 Å². The Balaban J connectivity index is 1.97. The van der Waals surface area contributed by atoms with Crippen molar-refractivity contribution in [3.63, 3.8) is 0 Å². The van der Waals surface area contributed by atoms with Crippen LogP contribution in [0.1, 0.15) is 53.9 Å². The Morgan fingerprint density at radius 3 is 2.43 bits per heavy atom. The Morgan fingerprint density at radius 1 is 1.19 bits per heavy atom. The van der Waals surface area contributed by atoms with Gasteiger partial charge in [0.1, 0.15) is 0 Å². The molecule has 21 heavy (non-hydrogen) atoms. The molecule has 0 radical (unpaired) electrons. The Kier molecular flexibility index (Phi) is 6.10. The molecule has 0 spiro atoms. The molecular weight excluding hydrogens is 260 g/mol. The number of nitrogens with one attached hydrogen (secondary N) is 1. The molecule has 2 rings (SSSR count). The minimum atomic E-state index is 0.344. The third-order valence-electron chi connectivity index (χ3n) is 5.16. The molecule has 2 saturated heterocycles. The fourth-order valence-electron chi connectivity index (χ4n) is 3.70. The molecule has 2 unspecified atom stereocenters. The van der Waals surface area contributed by atoms with Crippen LogP contribution in [-0.2, 0) is 4.74 Å². The van der Waals surface area contributed by atoms with Gasteiger partial charge >= 0.3 is 0 Å².